The Morgan fingerprint density at radius 2 is 0.826 bits per heavy atom. The maximum Gasteiger partial charge on any atom is 0.101 e. The summed E-state index contributed by atoms with van der Waals surface area (Å²) in [5, 5.41) is 4.92. The topological polar surface area (TPSA) is 0 Å². The van der Waals surface area contributed by atoms with Crippen LogP contribution in [0.2, 0.25) is 0 Å². The van der Waals surface area contributed by atoms with E-state index in [1.807, 2.05) is 0 Å². The highest BCUT2D eigenvalue weighted by molar-refractivity contribution is 7.97. The van der Waals surface area contributed by atoms with Crippen molar-refractivity contribution in [3.63, 3.8) is 0 Å². The van der Waals surface area contributed by atoms with Gasteiger partial charge in [0.15, 0.2) is 0 Å². The first-order valence-corrected chi connectivity index (χ1v) is 9.42. The van der Waals surface area contributed by atoms with Gasteiger partial charge in [-0.1, -0.05) is 68.4 Å². The van der Waals surface area contributed by atoms with Gasteiger partial charge in [0.2, 0.25) is 0 Å². The van der Waals surface area contributed by atoms with E-state index in [9.17, 15) is 0 Å². The van der Waals surface area contributed by atoms with E-state index in [4.69, 9.17) is 0 Å². The predicted molar refractivity (Wildman–Crippen MR) is 109 cm³/mol. The van der Waals surface area contributed by atoms with Gasteiger partial charge in [0, 0.05) is 7.85 Å². The first kappa shape index (κ1) is 16.0. The Balaban J connectivity index is 2.41. The molecule has 0 bridgehead atoms. The Morgan fingerprint density at radius 1 is 0.565 bits per heavy atom. The summed E-state index contributed by atoms with van der Waals surface area (Å²) in [5.74, 6) is 0. The summed E-state index contributed by atoms with van der Waals surface area (Å²) in [6, 6.07) is 33.6. The molecule has 0 N–H and O–H groups in total. The van der Waals surface area contributed by atoms with Gasteiger partial charge < -0.3 is 0 Å². The third-order valence-corrected chi connectivity index (χ3v) is 8.66. The maximum absolute atomic E-state index is 2.49. The van der Waals surface area contributed by atoms with Gasteiger partial charge in [0.1, 0.15) is 15.9 Å². The van der Waals surface area contributed by atoms with E-state index in [0.717, 1.165) is 0 Å². The lowest BCUT2D eigenvalue weighted by Crippen LogP contribution is -2.44. The molecule has 0 aliphatic carbocycles. The smallest absolute Gasteiger partial charge is 0.0620 e. The quantitative estimate of drug-likeness (QED) is 0.512. The van der Waals surface area contributed by atoms with Gasteiger partial charge in [-0.05, 0) is 41.5 Å². The minimum atomic E-state index is -1.63. The molecular formula is C21H24BP. The van der Waals surface area contributed by atoms with Crippen molar-refractivity contribution in [1.29, 1.82) is 0 Å². The third-order valence-electron chi connectivity index (χ3n) is 4.10. The summed E-state index contributed by atoms with van der Waals surface area (Å²) in [4.78, 5) is 0. The van der Waals surface area contributed by atoms with Gasteiger partial charge >= 0.3 is 0 Å². The lowest BCUT2D eigenvalue weighted by atomic mass is 9.91. The monoisotopic (exact) mass is 318 g/mol. The van der Waals surface area contributed by atoms with E-state index >= 15 is 0 Å². The minimum Gasteiger partial charge on any atom is -0.0620 e. The molecule has 0 radical (unpaired) electrons. The van der Waals surface area contributed by atoms with Crippen LogP contribution < -0.4 is 15.9 Å². The summed E-state index contributed by atoms with van der Waals surface area (Å²) in [6.45, 7) is 4.99. The number of hydrogen-bond donors (Lipinski definition) is 0. The van der Waals surface area contributed by atoms with E-state index in [-0.39, 0.29) is 7.85 Å². The van der Waals surface area contributed by atoms with Gasteiger partial charge in [-0.2, -0.15) is 0 Å². The molecule has 3 aromatic rings. The molecule has 0 saturated carbocycles. The van der Waals surface area contributed by atoms with Crippen LogP contribution in [-0.4, -0.2) is 12.9 Å². The molecule has 0 saturated heterocycles. The van der Waals surface area contributed by atoms with Crippen LogP contribution in [0.3, 0.4) is 0 Å². The molecule has 2 heteroatoms. The van der Waals surface area contributed by atoms with Crippen molar-refractivity contribution in [3.8, 4) is 0 Å². The highest BCUT2D eigenvalue weighted by Crippen LogP contribution is 2.64. The van der Waals surface area contributed by atoms with Crippen molar-refractivity contribution < 1.29 is 0 Å². The SMILES string of the molecule is [BH3-]C(C)(C)[P+](c1ccccc1)(c1ccccc1)c1ccccc1. The van der Waals surface area contributed by atoms with Crippen LogP contribution in [0.5, 0.6) is 0 Å². The first-order valence-electron chi connectivity index (χ1n) is 7.63. The Hall–Kier alpha value is -1.85. The summed E-state index contributed by atoms with van der Waals surface area (Å²) in [7, 11) is -1.48. The van der Waals surface area contributed by atoms with Crippen LogP contribution in [0.15, 0.2) is 91.0 Å². The molecule has 0 unspecified atom stereocenters. The van der Waals surface area contributed by atoms with Crippen LogP contribution in [0.1, 0.15) is 13.8 Å². The fourth-order valence-electron chi connectivity index (χ4n) is 3.18. The first-order chi connectivity index (χ1) is 11.1. The Morgan fingerprint density at radius 3 is 1.04 bits per heavy atom. The van der Waals surface area contributed by atoms with Crippen molar-refractivity contribution >= 4 is 31.0 Å². The second kappa shape index (κ2) is 6.34. The van der Waals surface area contributed by atoms with E-state index in [1.165, 1.54) is 15.9 Å². The van der Waals surface area contributed by atoms with Crippen molar-refractivity contribution in [2.45, 2.75) is 18.9 Å². The summed E-state index contributed by atoms with van der Waals surface area (Å²) in [6.07, 6.45) is 0. The molecule has 3 rings (SSSR count). The molecule has 0 nitrogen and oxygen atoms in total. The highest BCUT2D eigenvalue weighted by atomic mass is 31.2. The molecule has 0 aliphatic rings. The van der Waals surface area contributed by atoms with Gasteiger partial charge in [0.05, 0.1) is 7.26 Å². The number of benzene rings is 3. The zero-order valence-corrected chi connectivity index (χ0v) is 14.0. The van der Waals surface area contributed by atoms with Crippen molar-refractivity contribution in [2.75, 3.05) is 0 Å². The van der Waals surface area contributed by atoms with Crippen LogP contribution in [0.25, 0.3) is 0 Å². The number of rotatable bonds is 4. The molecule has 3 aromatic carbocycles. The average molecular weight is 318 g/mol. The van der Waals surface area contributed by atoms with Crippen molar-refractivity contribution in [1.82, 2.24) is 0 Å². The van der Waals surface area contributed by atoms with Crippen LogP contribution in [0, 0.1) is 0 Å². The molecule has 23 heavy (non-hydrogen) atoms. The largest absolute Gasteiger partial charge is 0.101 e. The molecule has 0 spiro atoms. The van der Waals surface area contributed by atoms with E-state index in [0.29, 0.717) is 5.06 Å². The molecule has 0 atom stereocenters. The van der Waals surface area contributed by atoms with Gasteiger partial charge in [0.25, 0.3) is 0 Å². The van der Waals surface area contributed by atoms with Crippen LogP contribution >= 0.6 is 7.26 Å². The lowest BCUT2D eigenvalue weighted by molar-refractivity contribution is 0.989. The molecular weight excluding hydrogens is 294 g/mol. The fourth-order valence-corrected chi connectivity index (χ4v) is 7.48. The van der Waals surface area contributed by atoms with E-state index in [1.54, 1.807) is 0 Å². The zero-order valence-electron chi connectivity index (χ0n) is 13.1. The minimum absolute atomic E-state index is 0.144. The molecule has 0 heterocycles. The summed E-state index contributed by atoms with van der Waals surface area (Å²) >= 11 is 0. The van der Waals surface area contributed by atoms with Crippen molar-refractivity contribution in [3.05, 3.63) is 91.0 Å². The number of hydrogen-bond acceptors (Lipinski definition) is 0. The van der Waals surface area contributed by atoms with Crippen molar-refractivity contribution in [2.24, 2.45) is 0 Å². The standard InChI is InChI=1S/C21H24BP/c1-21(2,22)23(18-12-6-3-7-13-18,19-14-8-4-9-15-19)20-16-10-5-11-17-20/h3-17H,1-2,22H3. The van der Waals surface area contributed by atoms with Gasteiger partial charge in [-0.3, -0.25) is 0 Å². The molecule has 0 fully saturated rings. The van der Waals surface area contributed by atoms with Gasteiger partial charge in [-0.25, -0.2) is 0 Å². The summed E-state index contributed by atoms with van der Waals surface area (Å²) < 4.78 is 0. The third kappa shape index (κ3) is 2.75. The van der Waals surface area contributed by atoms with Crippen LogP contribution in [0.4, 0.5) is 0 Å². The molecule has 0 aromatic heterocycles. The van der Waals surface area contributed by atoms with E-state index < -0.39 is 7.26 Å². The average Bonchev–Trinajstić information content (AvgIpc) is 2.57. The second-order valence-corrected chi connectivity index (χ2v) is 9.41. The molecule has 116 valence electrons. The molecule has 0 aliphatic heterocycles. The molecule has 0 amide bonds. The maximum atomic E-state index is 2.49. The summed E-state index contributed by atoms with van der Waals surface area (Å²) in [5.41, 5.74) is 0. The Bertz CT molecular complexity index is 649. The predicted octanol–water partition coefficient (Wildman–Crippen LogP) is 3.08. The van der Waals surface area contributed by atoms with E-state index in [2.05, 4.69) is 105 Å². The lowest BCUT2D eigenvalue weighted by Gasteiger charge is -2.42. The van der Waals surface area contributed by atoms with Crippen LogP contribution in [-0.2, 0) is 0 Å². The Labute approximate surface area is 141 Å². The second-order valence-electron chi connectivity index (χ2n) is 5.62. The Kier molecular flexibility index (Phi) is 4.42. The highest BCUT2D eigenvalue weighted by Gasteiger charge is 2.51. The normalized spacial score (nSPS) is 12.1. The fraction of sp³-hybridized carbons (Fsp3) is 0.143. The zero-order chi connectivity index (χ0) is 16.3. The van der Waals surface area contributed by atoms with Gasteiger partial charge in [-0.15, -0.1) is 0 Å².